The van der Waals surface area contributed by atoms with Gasteiger partial charge in [-0.3, -0.25) is 0 Å². The SMILES string of the molecule is CC1CN(CCS(=O)(=O)c2ccc(CN)cc2)CC1C. The Morgan fingerprint density at radius 2 is 1.70 bits per heavy atom. The number of hydrogen-bond donors (Lipinski definition) is 1. The quantitative estimate of drug-likeness (QED) is 0.894. The summed E-state index contributed by atoms with van der Waals surface area (Å²) in [4.78, 5) is 2.65. The lowest BCUT2D eigenvalue weighted by molar-refractivity contribution is 0.343. The van der Waals surface area contributed by atoms with E-state index in [0.717, 1.165) is 18.7 Å². The monoisotopic (exact) mass is 296 g/mol. The van der Waals surface area contributed by atoms with Crippen molar-refractivity contribution in [2.24, 2.45) is 17.6 Å². The number of nitrogens with two attached hydrogens (primary N) is 1. The van der Waals surface area contributed by atoms with Crippen molar-refractivity contribution in [3.05, 3.63) is 29.8 Å². The molecule has 1 fully saturated rings. The van der Waals surface area contributed by atoms with E-state index in [4.69, 9.17) is 5.73 Å². The summed E-state index contributed by atoms with van der Waals surface area (Å²) in [6, 6.07) is 6.89. The average Bonchev–Trinajstić information content (AvgIpc) is 2.76. The van der Waals surface area contributed by atoms with Gasteiger partial charge in [0.25, 0.3) is 0 Å². The topological polar surface area (TPSA) is 63.4 Å². The molecule has 20 heavy (non-hydrogen) atoms. The molecule has 1 aromatic carbocycles. The van der Waals surface area contributed by atoms with Crippen LogP contribution in [0.4, 0.5) is 0 Å². The van der Waals surface area contributed by atoms with Crippen LogP contribution in [-0.2, 0) is 16.4 Å². The van der Waals surface area contributed by atoms with Crippen LogP contribution < -0.4 is 5.73 Å². The highest BCUT2D eigenvalue weighted by molar-refractivity contribution is 7.91. The van der Waals surface area contributed by atoms with Crippen molar-refractivity contribution in [2.45, 2.75) is 25.3 Å². The predicted molar refractivity (Wildman–Crippen MR) is 81.2 cm³/mol. The third-order valence-corrected chi connectivity index (χ3v) is 5.97. The summed E-state index contributed by atoms with van der Waals surface area (Å²) in [5.74, 6) is 1.50. The molecule has 0 spiro atoms. The zero-order valence-corrected chi connectivity index (χ0v) is 13.1. The highest BCUT2D eigenvalue weighted by Crippen LogP contribution is 2.22. The first-order chi connectivity index (χ1) is 9.42. The predicted octanol–water partition coefficient (Wildman–Crippen LogP) is 1.51. The van der Waals surface area contributed by atoms with Gasteiger partial charge in [-0.1, -0.05) is 26.0 Å². The molecule has 1 aliphatic heterocycles. The van der Waals surface area contributed by atoms with E-state index in [1.807, 2.05) is 0 Å². The Labute approximate surface area is 121 Å². The van der Waals surface area contributed by atoms with Gasteiger partial charge in [0.05, 0.1) is 10.6 Å². The zero-order valence-electron chi connectivity index (χ0n) is 12.2. The summed E-state index contributed by atoms with van der Waals surface area (Å²) in [5, 5.41) is 0. The smallest absolute Gasteiger partial charge is 0.179 e. The number of rotatable bonds is 5. The summed E-state index contributed by atoms with van der Waals surface area (Å²) < 4.78 is 24.6. The zero-order chi connectivity index (χ0) is 14.8. The Morgan fingerprint density at radius 3 is 2.20 bits per heavy atom. The number of hydrogen-bond acceptors (Lipinski definition) is 4. The van der Waals surface area contributed by atoms with Gasteiger partial charge >= 0.3 is 0 Å². The Bertz CT molecular complexity index is 529. The minimum Gasteiger partial charge on any atom is -0.326 e. The maximum Gasteiger partial charge on any atom is 0.179 e. The Kier molecular flexibility index (Phi) is 4.83. The molecule has 0 amide bonds. The molecule has 0 radical (unpaired) electrons. The molecule has 2 atom stereocenters. The van der Waals surface area contributed by atoms with E-state index in [9.17, 15) is 8.42 Å². The first kappa shape index (κ1) is 15.5. The fourth-order valence-corrected chi connectivity index (χ4v) is 3.92. The van der Waals surface area contributed by atoms with Crippen molar-refractivity contribution in [2.75, 3.05) is 25.4 Å². The highest BCUT2D eigenvalue weighted by atomic mass is 32.2. The number of sulfone groups is 1. The van der Waals surface area contributed by atoms with Crippen LogP contribution in [0.5, 0.6) is 0 Å². The third kappa shape index (κ3) is 3.59. The number of nitrogens with zero attached hydrogens (tertiary/aromatic N) is 1. The van der Waals surface area contributed by atoms with E-state index in [1.54, 1.807) is 24.3 Å². The van der Waals surface area contributed by atoms with Gasteiger partial charge in [-0.25, -0.2) is 8.42 Å². The molecule has 0 aliphatic carbocycles. The third-order valence-electron chi connectivity index (χ3n) is 4.26. The molecular weight excluding hydrogens is 272 g/mol. The molecule has 2 rings (SSSR count). The van der Waals surface area contributed by atoms with Crippen molar-refractivity contribution < 1.29 is 8.42 Å². The molecule has 1 aromatic rings. The molecule has 1 heterocycles. The van der Waals surface area contributed by atoms with Crippen molar-refractivity contribution in [1.29, 1.82) is 0 Å². The van der Waals surface area contributed by atoms with Crippen molar-refractivity contribution in [1.82, 2.24) is 4.90 Å². The normalized spacial score (nSPS) is 24.1. The molecule has 1 saturated heterocycles. The molecule has 0 bridgehead atoms. The summed E-state index contributed by atoms with van der Waals surface area (Å²) in [6.45, 7) is 7.51. The molecule has 4 nitrogen and oxygen atoms in total. The average molecular weight is 296 g/mol. The van der Waals surface area contributed by atoms with E-state index in [2.05, 4.69) is 18.7 Å². The van der Waals surface area contributed by atoms with Crippen LogP contribution >= 0.6 is 0 Å². The largest absolute Gasteiger partial charge is 0.326 e. The van der Waals surface area contributed by atoms with Crippen LogP contribution in [-0.4, -0.2) is 38.7 Å². The van der Waals surface area contributed by atoms with Gasteiger partial charge in [0, 0.05) is 26.2 Å². The van der Waals surface area contributed by atoms with Gasteiger partial charge in [-0.05, 0) is 29.5 Å². The molecule has 112 valence electrons. The summed E-state index contributed by atoms with van der Waals surface area (Å²) in [5.41, 5.74) is 6.47. The standard InChI is InChI=1S/C15H24N2O2S/c1-12-10-17(11-13(12)2)7-8-20(18,19)15-5-3-14(9-16)4-6-15/h3-6,12-13H,7-11,16H2,1-2H3. The van der Waals surface area contributed by atoms with Crippen LogP contribution in [0.3, 0.4) is 0 Å². The van der Waals surface area contributed by atoms with Crippen LogP contribution in [0.2, 0.25) is 0 Å². The first-order valence-electron chi connectivity index (χ1n) is 7.16. The second kappa shape index (κ2) is 6.24. The van der Waals surface area contributed by atoms with Gasteiger partial charge in [0.15, 0.2) is 9.84 Å². The number of likely N-dealkylation sites (tertiary alicyclic amines) is 1. The molecule has 2 N–H and O–H groups in total. The first-order valence-corrected chi connectivity index (χ1v) is 8.81. The molecule has 0 aromatic heterocycles. The van der Waals surface area contributed by atoms with E-state index < -0.39 is 9.84 Å². The van der Waals surface area contributed by atoms with Gasteiger partial charge in [0.1, 0.15) is 0 Å². The van der Waals surface area contributed by atoms with E-state index in [-0.39, 0.29) is 5.75 Å². The fraction of sp³-hybridized carbons (Fsp3) is 0.600. The van der Waals surface area contributed by atoms with Crippen molar-refractivity contribution >= 4 is 9.84 Å². The van der Waals surface area contributed by atoms with Gasteiger partial charge in [-0.15, -0.1) is 0 Å². The lowest BCUT2D eigenvalue weighted by atomic mass is 10.0. The molecular formula is C15H24N2O2S. The van der Waals surface area contributed by atoms with Crippen molar-refractivity contribution in [3.63, 3.8) is 0 Å². The summed E-state index contributed by atoms with van der Waals surface area (Å²) in [7, 11) is -3.19. The summed E-state index contributed by atoms with van der Waals surface area (Å²) >= 11 is 0. The second-order valence-corrected chi connectivity index (χ2v) is 7.99. The van der Waals surface area contributed by atoms with Crippen molar-refractivity contribution in [3.8, 4) is 0 Å². The van der Waals surface area contributed by atoms with E-state index >= 15 is 0 Å². The molecule has 5 heteroatoms. The maximum absolute atomic E-state index is 12.3. The Morgan fingerprint density at radius 1 is 1.15 bits per heavy atom. The Hall–Kier alpha value is -0.910. The molecule has 0 saturated carbocycles. The fourth-order valence-electron chi connectivity index (χ4n) is 2.63. The highest BCUT2D eigenvalue weighted by Gasteiger charge is 2.27. The van der Waals surface area contributed by atoms with Crippen LogP contribution in [0.15, 0.2) is 29.2 Å². The minimum absolute atomic E-state index is 0.189. The molecule has 2 unspecified atom stereocenters. The minimum atomic E-state index is -3.19. The van der Waals surface area contributed by atoms with Gasteiger partial charge in [-0.2, -0.15) is 0 Å². The van der Waals surface area contributed by atoms with E-state index in [1.165, 1.54) is 0 Å². The lowest BCUT2D eigenvalue weighted by Crippen LogP contribution is -2.27. The maximum atomic E-state index is 12.3. The van der Waals surface area contributed by atoms with Crippen LogP contribution in [0, 0.1) is 11.8 Å². The van der Waals surface area contributed by atoms with Crippen LogP contribution in [0.1, 0.15) is 19.4 Å². The van der Waals surface area contributed by atoms with Crippen LogP contribution in [0.25, 0.3) is 0 Å². The summed E-state index contributed by atoms with van der Waals surface area (Å²) in [6.07, 6.45) is 0. The Balaban J connectivity index is 1.97. The number of benzene rings is 1. The molecule has 1 aliphatic rings. The lowest BCUT2D eigenvalue weighted by Gasteiger charge is -2.15. The second-order valence-electron chi connectivity index (χ2n) is 5.88. The van der Waals surface area contributed by atoms with E-state index in [0.29, 0.717) is 29.8 Å². The van der Waals surface area contributed by atoms with Gasteiger partial charge < -0.3 is 10.6 Å². The van der Waals surface area contributed by atoms with Gasteiger partial charge in [0.2, 0.25) is 0 Å².